The SMILES string of the molecule is CC1CCCC(C(=O)O)C1.COC(=O)C1CCCC(C)C1. The Morgan fingerprint density at radius 3 is 1.76 bits per heavy atom. The molecule has 4 nitrogen and oxygen atoms in total. The number of carboxylic acids is 1. The topological polar surface area (TPSA) is 63.6 Å². The zero-order valence-corrected chi connectivity index (χ0v) is 13.6. The Hall–Kier alpha value is -1.06. The number of carboxylic acid groups (broad SMARTS) is 1. The molecule has 2 fully saturated rings. The van der Waals surface area contributed by atoms with Gasteiger partial charge in [-0.05, 0) is 37.5 Å². The van der Waals surface area contributed by atoms with E-state index in [1.165, 1.54) is 26.4 Å². The molecule has 1 N–H and O–H groups in total. The van der Waals surface area contributed by atoms with E-state index >= 15 is 0 Å². The fraction of sp³-hybridized carbons (Fsp3) is 0.882. The third-order valence-corrected chi connectivity index (χ3v) is 4.76. The normalized spacial score (nSPS) is 32.5. The second-order valence-electron chi connectivity index (χ2n) is 6.80. The lowest BCUT2D eigenvalue weighted by atomic mass is 9.82. The highest BCUT2D eigenvalue weighted by Gasteiger charge is 2.25. The molecule has 0 aliphatic heterocycles. The van der Waals surface area contributed by atoms with Crippen LogP contribution in [0.15, 0.2) is 0 Å². The summed E-state index contributed by atoms with van der Waals surface area (Å²) >= 11 is 0. The minimum atomic E-state index is -0.605. The van der Waals surface area contributed by atoms with Gasteiger partial charge in [0.15, 0.2) is 0 Å². The summed E-state index contributed by atoms with van der Waals surface area (Å²) in [7, 11) is 1.47. The summed E-state index contributed by atoms with van der Waals surface area (Å²) < 4.78 is 4.70. The van der Waals surface area contributed by atoms with Crippen LogP contribution in [0.3, 0.4) is 0 Å². The zero-order valence-electron chi connectivity index (χ0n) is 13.6. The Labute approximate surface area is 128 Å². The molecular weight excluding hydrogens is 268 g/mol. The second kappa shape index (κ2) is 9.06. The molecule has 0 radical (unpaired) electrons. The molecule has 0 heterocycles. The number of hydrogen-bond donors (Lipinski definition) is 1. The molecule has 0 saturated heterocycles. The van der Waals surface area contributed by atoms with Crippen molar-refractivity contribution in [3.05, 3.63) is 0 Å². The van der Waals surface area contributed by atoms with Gasteiger partial charge >= 0.3 is 11.9 Å². The summed E-state index contributed by atoms with van der Waals surface area (Å²) in [5.41, 5.74) is 0. The minimum absolute atomic E-state index is 0.0171. The molecule has 0 spiro atoms. The van der Waals surface area contributed by atoms with Gasteiger partial charge < -0.3 is 9.84 Å². The first-order chi connectivity index (χ1) is 9.93. The standard InChI is InChI=1S/C9H16O2.C8H14O2/c1-7-4-3-5-8(6-7)9(10)11-2;1-6-3-2-4-7(5-6)8(9)10/h7-8H,3-6H2,1-2H3;6-7H,2-5H2,1H3,(H,9,10). The maximum atomic E-state index is 11.1. The van der Waals surface area contributed by atoms with Gasteiger partial charge in [0.1, 0.15) is 0 Å². The average molecular weight is 298 g/mol. The minimum Gasteiger partial charge on any atom is -0.481 e. The van der Waals surface area contributed by atoms with E-state index < -0.39 is 5.97 Å². The number of esters is 1. The molecule has 4 heteroatoms. The molecule has 0 aromatic carbocycles. The summed E-state index contributed by atoms with van der Waals surface area (Å²) in [5.74, 6) is 0.832. The molecule has 21 heavy (non-hydrogen) atoms. The van der Waals surface area contributed by atoms with Crippen LogP contribution in [-0.4, -0.2) is 24.2 Å². The van der Waals surface area contributed by atoms with E-state index in [0.29, 0.717) is 11.8 Å². The lowest BCUT2D eigenvalue weighted by Gasteiger charge is -2.24. The van der Waals surface area contributed by atoms with Crippen molar-refractivity contribution in [1.29, 1.82) is 0 Å². The van der Waals surface area contributed by atoms with Gasteiger partial charge in [0.25, 0.3) is 0 Å². The first-order valence-corrected chi connectivity index (χ1v) is 8.24. The molecule has 4 unspecified atom stereocenters. The molecule has 0 aromatic rings. The maximum Gasteiger partial charge on any atom is 0.308 e. The maximum absolute atomic E-state index is 11.1. The van der Waals surface area contributed by atoms with E-state index in [2.05, 4.69) is 13.8 Å². The summed E-state index contributed by atoms with van der Waals surface area (Å²) in [5, 5.41) is 8.66. The van der Waals surface area contributed by atoms with Crippen molar-refractivity contribution >= 4 is 11.9 Å². The molecule has 2 rings (SSSR count). The third kappa shape index (κ3) is 6.49. The number of ether oxygens (including phenoxy) is 1. The van der Waals surface area contributed by atoms with Crippen molar-refractivity contribution in [2.45, 2.75) is 65.2 Å². The Bertz CT molecular complexity index is 340. The van der Waals surface area contributed by atoms with E-state index in [1.54, 1.807) is 0 Å². The van der Waals surface area contributed by atoms with Gasteiger partial charge in [0.05, 0.1) is 18.9 Å². The van der Waals surface area contributed by atoms with Crippen molar-refractivity contribution in [2.24, 2.45) is 23.7 Å². The first kappa shape index (κ1) is 18.0. The van der Waals surface area contributed by atoms with Crippen LogP contribution in [0.25, 0.3) is 0 Å². The van der Waals surface area contributed by atoms with Gasteiger partial charge in [0.2, 0.25) is 0 Å². The van der Waals surface area contributed by atoms with Crippen LogP contribution in [0.4, 0.5) is 0 Å². The molecule has 0 aromatic heterocycles. The van der Waals surface area contributed by atoms with Gasteiger partial charge in [-0.3, -0.25) is 9.59 Å². The van der Waals surface area contributed by atoms with E-state index in [-0.39, 0.29) is 17.8 Å². The summed E-state index contributed by atoms with van der Waals surface area (Å²) in [4.78, 5) is 21.6. The third-order valence-electron chi connectivity index (χ3n) is 4.76. The molecule has 2 saturated carbocycles. The van der Waals surface area contributed by atoms with E-state index in [9.17, 15) is 9.59 Å². The smallest absolute Gasteiger partial charge is 0.308 e. The van der Waals surface area contributed by atoms with Crippen LogP contribution >= 0.6 is 0 Å². The van der Waals surface area contributed by atoms with Crippen LogP contribution < -0.4 is 0 Å². The van der Waals surface area contributed by atoms with Crippen molar-refractivity contribution < 1.29 is 19.4 Å². The predicted octanol–water partition coefficient (Wildman–Crippen LogP) is 3.88. The van der Waals surface area contributed by atoms with E-state index in [4.69, 9.17) is 9.84 Å². The lowest BCUT2D eigenvalue weighted by Crippen LogP contribution is -2.22. The Balaban J connectivity index is 0.000000211. The van der Waals surface area contributed by atoms with Crippen LogP contribution in [0, 0.1) is 23.7 Å². The lowest BCUT2D eigenvalue weighted by molar-refractivity contribution is -0.147. The highest BCUT2D eigenvalue weighted by molar-refractivity contribution is 5.72. The van der Waals surface area contributed by atoms with Gasteiger partial charge in [-0.1, -0.05) is 39.5 Å². The molecule has 0 amide bonds. The number of carbonyl (C=O) groups excluding carboxylic acids is 1. The molecule has 122 valence electrons. The van der Waals surface area contributed by atoms with Crippen molar-refractivity contribution in [3.63, 3.8) is 0 Å². The quantitative estimate of drug-likeness (QED) is 0.786. The van der Waals surface area contributed by atoms with Crippen molar-refractivity contribution in [2.75, 3.05) is 7.11 Å². The van der Waals surface area contributed by atoms with Gasteiger partial charge in [-0.2, -0.15) is 0 Å². The Kier molecular flexibility index (Phi) is 7.76. The average Bonchev–Trinajstić information content (AvgIpc) is 2.47. The highest BCUT2D eigenvalue weighted by atomic mass is 16.5. The number of hydrogen-bond acceptors (Lipinski definition) is 3. The Morgan fingerprint density at radius 1 is 0.905 bits per heavy atom. The molecule has 0 bridgehead atoms. The van der Waals surface area contributed by atoms with Crippen LogP contribution in [-0.2, 0) is 14.3 Å². The number of carbonyl (C=O) groups is 2. The first-order valence-electron chi connectivity index (χ1n) is 8.24. The molecule has 2 aliphatic rings. The van der Waals surface area contributed by atoms with Crippen LogP contribution in [0.5, 0.6) is 0 Å². The van der Waals surface area contributed by atoms with E-state index in [1.807, 2.05) is 0 Å². The summed E-state index contributed by atoms with van der Waals surface area (Å²) in [6.45, 7) is 4.34. The number of methoxy groups -OCH3 is 1. The zero-order chi connectivity index (χ0) is 15.8. The largest absolute Gasteiger partial charge is 0.481 e. The van der Waals surface area contributed by atoms with Gasteiger partial charge in [-0.15, -0.1) is 0 Å². The van der Waals surface area contributed by atoms with Gasteiger partial charge in [0, 0.05) is 0 Å². The summed E-state index contributed by atoms with van der Waals surface area (Å²) in [6.07, 6.45) is 8.58. The second-order valence-corrected chi connectivity index (χ2v) is 6.80. The van der Waals surface area contributed by atoms with Gasteiger partial charge in [-0.25, -0.2) is 0 Å². The van der Waals surface area contributed by atoms with Crippen molar-refractivity contribution in [1.82, 2.24) is 0 Å². The van der Waals surface area contributed by atoms with E-state index in [0.717, 1.165) is 32.1 Å². The van der Waals surface area contributed by atoms with Crippen molar-refractivity contribution in [3.8, 4) is 0 Å². The number of rotatable bonds is 2. The summed E-state index contributed by atoms with van der Waals surface area (Å²) in [6, 6.07) is 0. The number of aliphatic carboxylic acids is 1. The highest BCUT2D eigenvalue weighted by Crippen LogP contribution is 2.29. The fourth-order valence-corrected chi connectivity index (χ4v) is 3.47. The molecular formula is C17H30O4. The molecule has 4 atom stereocenters. The van der Waals surface area contributed by atoms with Crippen LogP contribution in [0.2, 0.25) is 0 Å². The predicted molar refractivity (Wildman–Crippen MR) is 81.9 cm³/mol. The van der Waals surface area contributed by atoms with Crippen LogP contribution in [0.1, 0.15) is 65.2 Å². The fourth-order valence-electron chi connectivity index (χ4n) is 3.47. The monoisotopic (exact) mass is 298 g/mol. The molecule has 2 aliphatic carbocycles. The Morgan fingerprint density at radius 2 is 1.38 bits per heavy atom.